The molecule has 0 nitrogen and oxygen atoms in total. The summed E-state index contributed by atoms with van der Waals surface area (Å²) in [5, 5.41) is 4.88. The molecule has 0 fully saturated rings. The summed E-state index contributed by atoms with van der Waals surface area (Å²) in [5.74, 6) is 0. The van der Waals surface area contributed by atoms with E-state index in [9.17, 15) is 0 Å². The van der Waals surface area contributed by atoms with Gasteiger partial charge in [-0.2, -0.15) is 0 Å². The van der Waals surface area contributed by atoms with Crippen LogP contribution >= 0.6 is 11.3 Å². The van der Waals surface area contributed by atoms with E-state index in [1.807, 2.05) is 14.9 Å². The molecule has 0 aromatic carbocycles. The van der Waals surface area contributed by atoms with Gasteiger partial charge in [0, 0.05) is 0 Å². The van der Waals surface area contributed by atoms with Crippen molar-refractivity contribution in [1.29, 1.82) is 0 Å². The van der Waals surface area contributed by atoms with Crippen molar-refractivity contribution in [3.05, 3.63) is 16.3 Å². The van der Waals surface area contributed by atoms with Crippen LogP contribution in [0.1, 0.15) is 70.8 Å². The zero-order valence-corrected chi connectivity index (χ0v) is 15.8. The van der Waals surface area contributed by atoms with Gasteiger partial charge in [-0.15, -0.1) is 0 Å². The summed E-state index contributed by atoms with van der Waals surface area (Å²) in [6, 6.07) is 0. The van der Waals surface area contributed by atoms with Crippen molar-refractivity contribution in [2.75, 3.05) is 0 Å². The Bertz CT molecular complexity index is 293. The van der Waals surface area contributed by atoms with Crippen LogP contribution in [-0.4, -0.2) is 21.1 Å². The van der Waals surface area contributed by atoms with Gasteiger partial charge in [0.15, 0.2) is 0 Å². The van der Waals surface area contributed by atoms with E-state index < -0.39 is 0 Å². The third-order valence-electron chi connectivity index (χ3n) is 3.39. The van der Waals surface area contributed by atoms with Crippen molar-refractivity contribution in [2.45, 2.75) is 76.1 Å². The fourth-order valence-electron chi connectivity index (χ4n) is 2.17. The summed E-state index contributed by atoms with van der Waals surface area (Å²) in [7, 11) is 0. The van der Waals surface area contributed by atoms with Gasteiger partial charge < -0.3 is 0 Å². The van der Waals surface area contributed by atoms with E-state index in [0.29, 0.717) is 0 Å². The predicted octanol–water partition coefficient (Wildman–Crippen LogP) is 5.20. The first kappa shape index (κ1) is 16.6. The van der Waals surface area contributed by atoms with Gasteiger partial charge in [0.2, 0.25) is 0 Å². The molecular formula is C16H28SSn. The van der Waals surface area contributed by atoms with Crippen LogP contribution in [0.25, 0.3) is 0 Å². The first-order valence-corrected chi connectivity index (χ1v) is 12.1. The van der Waals surface area contributed by atoms with Crippen molar-refractivity contribution in [2.24, 2.45) is 0 Å². The van der Waals surface area contributed by atoms with Crippen LogP contribution in [0.5, 0.6) is 0 Å². The Hall–Kier alpha value is 0.499. The Labute approximate surface area is 128 Å². The molecule has 0 amide bonds. The van der Waals surface area contributed by atoms with E-state index in [2.05, 4.69) is 24.6 Å². The van der Waals surface area contributed by atoms with Crippen LogP contribution in [0.15, 0.2) is 10.8 Å². The average Bonchev–Trinajstić information content (AvgIpc) is 2.82. The molecule has 2 heteroatoms. The van der Waals surface area contributed by atoms with Gasteiger partial charge in [-0.3, -0.25) is 0 Å². The Kier molecular flexibility index (Phi) is 10.4. The van der Waals surface area contributed by atoms with Gasteiger partial charge in [0.25, 0.3) is 0 Å². The van der Waals surface area contributed by atoms with Crippen molar-refractivity contribution < 1.29 is 0 Å². The average molecular weight is 371 g/mol. The molecule has 1 rings (SSSR count). The molecule has 2 radical (unpaired) electrons. The summed E-state index contributed by atoms with van der Waals surface area (Å²) in [6.45, 7) is 4.60. The quantitative estimate of drug-likeness (QED) is 0.371. The van der Waals surface area contributed by atoms with E-state index in [1.165, 1.54) is 57.8 Å². The van der Waals surface area contributed by atoms with Gasteiger partial charge in [0.1, 0.15) is 0 Å². The van der Waals surface area contributed by atoms with Crippen LogP contribution in [0.4, 0.5) is 0 Å². The van der Waals surface area contributed by atoms with E-state index in [4.69, 9.17) is 0 Å². The fourth-order valence-corrected chi connectivity index (χ4v) is 8.10. The van der Waals surface area contributed by atoms with Crippen LogP contribution in [0.2, 0.25) is 4.44 Å². The van der Waals surface area contributed by atoms with E-state index >= 15 is 0 Å². The first-order valence-electron chi connectivity index (χ1n) is 7.67. The molecule has 1 heterocycles. The van der Waals surface area contributed by atoms with Gasteiger partial charge in [-0.1, -0.05) is 0 Å². The van der Waals surface area contributed by atoms with Crippen molar-refractivity contribution >= 4 is 36.1 Å². The van der Waals surface area contributed by atoms with Crippen LogP contribution in [0.3, 0.4) is 0 Å². The molecule has 0 spiro atoms. The second kappa shape index (κ2) is 11.3. The van der Waals surface area contributed by atoms with Gasteiger partial charge in [-0.05, 0) is 0 Å². The summed E-state index contributed by atoms with van der Waals surface area (Å²) in [4.78, 5) is 0. The van der Waals surface area contributed by atoms with Gasteiger partial charge >= 0.3 is 128 Å². The third-order valence-corrected chi connectivity index (χ3v) is 8.92. The van der Waals surface area contributed by atoms with Crippen LogP contribution in [-0.2, 0) is 6.42 Å². The van der Waals surface area contributed by atoms with Crippen LogP contribution < -0.4 is 3.58 Å². The van der Waals surface area contributed by atoms with Gasteiger partial charge in [0.05, 0.1) is 0 Å². The molecule has 0 saturated carbocycles. The van der Waals surface area contributed by atoms with Crippen molar-refractivity contribution in [3.8, 4) is 0 Å². The van der Waals surface area contributed by atoms with Gasteiger partial charge in [-0.25, -0.2) is 0 Å². The maximum absolute atomic E-state index is 2.45. The standard InChI is InChI=1S/C12H19S.C4H9.Sn/c1-2-3-4-5-6-7-8-12-9-10-13-11-12;1-3-4-2;/h10-11H,2-8H2,1H3;1,3-4H2,2H3;. The molecule has 0 aliphatic rings. The summed E-state index contributed by atoms with van der Waals surface area (Å²) >= 11 is 1.71. The molecule has 0 atom stereocenters. The molecule has 0 bridgehead atoms. The first-order chi connectivity index (χ1) is 8.88. The molecule has 0 N–H and O–H groups in total. The molecule has 1 aromatic rings. The fraction of sp³-hybridized carbons (Fsp3) is 0.750. The minimum absolute atomic E-state index is 0.227. The van der Waals surface area contributed by atoms with E-state index in [0.717, 1.165) is 0 Å². The predicted molar refractivity (Wildman–Crippen MR) is 86.5 cm³/mol. The molecule has 0 saturated heterocycles. The zero-order valence-electron chi connectivity index (χ0n) is 12.1. The molecule has 0 aliphatic heterocycles. The van der Waals surface area contributed by atoms with Crippen molar-refractivity contribution in [3.63, 3.8) is 0 Å². The molecule has 0 unspecified atom stereocenters. The van der Waals surface area contributed by atoms with E-state index in [1.54, 1.807) is 10.0 Å². The normalized spacial score (nSPS) is 11.0. The Balaban J connectivity index is 2.15. The minimum atomic E-state index is -0.227. The summed E-state index contributed by atoms with van der Waals surface area (Å²) in [5.41, 5.74) is 1.72. The van der Waals surface area contributed by atoms with Crippen LogP contribution in [0, 0.1) is 0 Å². The number of aryl methyl sites for hydroxylation is 1. The number of hydrogen-bond donors (Lipinski definition) is 0. The number of rotatable bonds is 11. The summed E-state index contributed by atoms with van der Waals surface area (Å²) < 4.78 is 3.35. The zero-order chi connectivity index (χ0) is 13.1. The molecule has 0 aliphatic carbocycles. The number of unbranched alkanes of at least 4 members (excludes halogenated alkanes) is 6. The molecule has 1 aromatic heterocycles. The summed E-state index contributed by atoms with van der Waals surface area (Å²) in [6.07, 6.45) is 12.7. The number of thiophene rings is 1. The Morgan fingerprint density at radius 3 is 2.39 bits per heavy atom. The third kappa shape index (κ3) is 7.18. The number of hydrogen-bond acceptors (Lipinski definition) is 1. The Morgan fingerprint density at radius 2 is 1.61 bits per heavy atom. The SMILES string of the molecule is CCCCCCCCc1csc[c]1[Sn][CH2]CCC. The molecule has 18 heavy (non-hydrogen) atoms. The second-order valence-electron chi connectivity index (χ2n) is 5.11. The topological polar surface area (TPSA) is 0 Å². The second-order valence-corrected chi connectivity index (χ2v) is 9.83. The van der Waals surface area contributed by atoms with Crippen molar-refractivity contribution in [1.82, 2.24) is 0 Å². The monoisotopic (exact) mass is 372 g/mol. The molecular weight excluding hydrogens is 343 g/mol. The maximum atomic E-state index is 2.45. The Morgan fingerprint density at radius 1 is 0.889 bits per heavy atom. The van der Waals surface area contributed by atoms with E-state index in [-0.39, 0.29) is 21.1 Å². The molecule has 102 valence electrons.